The second-order valence-corrected chi connectivity index (χ2v) is 4.87. The van der Waals surface area contributed by atoms with E-state index in [9.17, 15) is 0 Å². The molecule has 0 aromatic carbocycles. The molecule has 2 N–H and O–H groups in total. The van der Waals surface area contributed by atoms with Crippen LogP contribution in [0, 0.1) is 0 Å². The molecule has 1 saturated heterocycles. The minimum Gasteiger partial charge on any atom is -0.338 e. The SMILES string of the molecule is NC1CCN(Cc2nc(-c3cccnc3)no2)CC1. The van der Waals surface area contributed by atoms with Crippen LogP contribution in [-0.2, 0) is 6.54 Å². The highest BCUT2D eigenvalue weighted by molar-refractivity contribution is 5.51. The Balaban J connectivity index is 1.65. The maximum atomic E-state index is 5.89. The maximum Gasteiger partial charge on any atom is 0.241 e. The summed E-state index contributed by atoms with van der Waals surface area (Å²) in [6.45, 7) is 2.68. The molecule has 3 heterocycles. The van der Waals surface area contributed by atoms with E-state index < -0.39 is 0 Å². The normalized spacial score (nSPS) is 17.7. The van der Waals surface area contributed by atoms with Crippen LogP contribution in [0.4, 0.5) is 0 Å². The molecule has 0 saturated carbocycles. The van der Waals surface area contributed by atoms with Crippen molar-refractivity contribution < 1.29 is 4.52 Å². The Morgan fingerprint density at radius 2 is 2.21 bits per heavy atom. The van der Waals surface area contributed by atoms with E-state index in [0.29, 0.717) is 24.3 Å². The molecule has 0 bridgehead atoms. The van der Waals surface area contributed by atoms with Crippen LogP contribution in [0.25, 0.3) is 11.4 Å². The van der Waals surface area contributed by atoms with Crippen molar-refractivity contribution in [3.8, 4) is 11.4 Å². The van der Waals surface area contributed by atoms with Gasteiger partial charge in [-0.3, -0.25) is 9.88 Å². The van der Waals surface area contributed by atoms with Crippen LogP contribution in [0.5, 0.6) is 0 Å². The van der Waals surface area contributed by atoms with Gasteiger partial charge in [0.15, 0.2) is 0 Å². The number of nitrogens with zero attached hydrogens (tertiary/aromatic N) is 4. The number of likely N-dealkylation sites (tertiary alicyclic amines) is 1. The van der Waals surface area contributed by atoms with Gasteiger partial charge in [-0.2, -0.15) is 4.98 Å². The summed E-state index contributed by atoms with van der Waals surface area (Å²) < 4.78 is 5.29. The molecule has 19 heavy (non-hydrogen) atoms. The third-order valence-corrected chi connectivity index (χ3v) is 3.38. The first kappa shape index (κ1) is 12.3. The summed E-state index contributed by atoms with van der Waals surface area (Å²) >= 11 is 0. The van der Waals surface area contributed by atoms with Gasteiger partial charge in [-0.15, -0.1) is 0 Å². The van der Waals surface area contributed by atoms with E-state index in [4.69, 9.17) is 10.3 Å². The first-order chi connectivity index (χ1) is 9.31. The second kappa shape index (κ2) is 5.46. The van der Waals surface area contributed by atoms with Crippen molar-refractivity contribution in [2.24, 2.45) is 5.73 Å². The molecule has 0 atom stereocenters. The van der Waals surface area contributed by atoms with E-state index in [0.717, 1.165) is 31.5 Å². The van der Waals surface area contributed by atoms with Crippen molar-refractivity contribution in [2.45, 2.75) is 25.4 Å². The number of rotatable bonds is 3. The van der Waals surface area contributed by atoms with E-state index in [1.165, 1.54) is 0 Å². The first-order valence-electron chi connectivity index (χ1n) is 6.52. The Bertz CT molecular complexity index is 519. The van der Waals surface area contributed by atoms with E-state index >= 15 is 0 Å². The van der Waals surface area contributed by atoms with E-state index in [1.54, 1.807) is 12.4 Å². The predicted octanol–water partition coefficient (Wildman–Crippen LogP) is 1.05. The second-order valence-electron chi connectivity index (χ2n) is 4.87. The Morgan fingerprint density at radius 3 is 2.95 bits per heavy atom. The monoisotopic (exact) mass is 259 g/mol. The fourth-order valence-electron chi connectivity index (χ4n) is 2.23. The van der Waals surface area contributed by atoms with Crippen LogP contribution in [0.3, 0.4) is 0 Å². The van der Waals surface area contributed by atoms with Gasteiger partial charge in [-0.05, 0) is 25.0 Å². The average molecular weight is 259 g/mol. The van der Waals surface area contributed by atoms with E-state index in [2.05, 4.69) is 20.0 Å². The predicted molar refractivity (Wildman–Crippen MR) is 70.0 cm³/mol. The molecule has 6 nitrogen and oxygen atoms in total. The van der Waals surface area contributed by atoms with Gasteiger partial charge < -0.3 is 10.3 Å². The molecule has 1 aliphatic heterocycles. The third kappa shape index (κ3) is 2.97. The van der Waals surface area contributed by atoms with Gasteiger partial charge in [-0.25, -0.2) is 0 Å². The average Bonchev–Trinajstić information content (AvgIpc) is 2.91. The van der Waals surface area contributed by atoms with Gasteiger partial charge in [0, 0.05) is 37.1 Å². The molecule has 0 spiro atoms. The standard InChI is InChI=1S/C13H17N5O/c14-11-3-6-18(7-4-11)9-12-16-13(17-19-12)10-2-1-5-15-8-10/h1-2,5,8,11H,3-4,6-7,9,14H2. The molecule has 2 aromatic rings. The lowest BCUT2D eigenvalue weighted by atomic mass is 10.1. The van der Waals surface area contributed by atoms with Gasteiger partial charge in [0.1, 0.15) is 0 Å². The summed E-state index contributed by atoms with van der Waals surface area (Å²) in [4.78, 5) is 10.7. The largest absolute Gasteiger partial charge is 0.338 e. The smallest absolute Gasteiger partial charge is 0.241 e. The van der Waals surface area contributed by atoms with Crippen LogP contribution in [0.15, 0.2) is 29.0 Å². The van der Waals surface area contributed by atoms with Gasteiger partial charge in [0.25, 0.3) is 0 Å². The number of pyridine rings is 1. The highest BCUT2D eigenvalue weighted by Crippen LogP contribution is 2.16. The summed E-state index contributed by atoms with van der Waals surface area (Å²) in [5, 5.41) is 3.99. The zero-order valence-corrected chi connectivity index (χ0v) is 10.7. The number of hydrogen-bond donors (Lipinski definition) is 1. The molecule has 2 aromatic heterocycles. The van der Waals surface area contributed by atoms with Crippen LogP contribution in [0.2, 0.25) is 0 Å². The van der Waals surface area contributed by atoms with Crippen LogP contribution < -0.4 is 5.73 Å². The van der Waals surface area contributed by atoms with Crippen molar-refractivity contribution in [2.75, 3.05) is 13.1 Å². The lowest BCUT2D eigenvalue weighted by Crippen LogP contribution is -2.39. The van der Waals surface area contributed by atoms with Crippen molar-refractivity contribution in [1.82, 2.24) is 20.0 Å². The Kier molecular flexibility index (Phi) is 3.52. The highest BCUT2D eigenvalue weighted by atomic mass is 16.5. The number of hydrogen-bond acceptors (Lipinski definition) is 6. The summed E-state index contributed by atoms with van der Waals surface area (Å²) in [6, 6.07) is 4.11. The molecule has 100 valence electrons. The van der Waals surface area contributed by atoms with Crippen molar-refractivity contribution in [1.29, 1.82) is 0 Å². The Morgan fingerprint density at radius 1 is 1.37 bits per heavy atom. The molecule has 1 aliphatic rings. The number of nitrogens with two attached hydrogens (primary N) is 1. The van der Waals surface area contributed by atoms with Crippen molar-refractivity contribution >= 4 is 0 Å². The Hall–Kier alpha value is -1.79. The van der Waals surface area contributed by atoms with E-state index in [-0.39, 0.29) is 0 Å². The van der Waals surface area contributed by atoms with E-state index in [1.807, 2.05) is 12.1 Å². The third-order valence-electron chi connectivity index (χ3n) is 3.38. The van der Waals surface area contributed by atoms with Gasteiger partial charge >= 0.3 is 0 Å². The van der Waals surface area contributed by atoms with Gasteiger partial charge in [0.2, 0.25) is 11.7 Å². The van der Waals surface area contributed by atoms with Crippen LogP contribution in [0.1, 0.15) is 18.7 Å². The topological polar surface area (TPSA) is 81.1 Å². The molecule has 0 amide bonds. The summed E-state index contributed by atoms with van der Waals surface area (Å²) in [5.74, 6) is 1.24. The molecular formula is C13H17N5O. The lowest BCUT2D eigenvalue weighted by Gasteiger charge is -2.28. The number of piperidine rings is 1. The molecule has 0 unspecified atom stereocenters. The number of aromatic nitrogens is 3. The molecule has 3 rings (SSSR count). The van der Waals surface area contributed by atoms with Crippen molar-refractivity contribution in [3.63, 3.8) is 0 Å². The first-order valence-corrected chi connectivity index (χ1v) is 6.52. The minimum absolute atomic E-state index is 0.338. The zero-order chi connectivity index (χ0) is 13.1. The quantitative estimate of drug-likeness (QED) is 0.887. The molecule has 0 aliphatic carbocycles. The fourth-order valence-corrected chi connectivity index (χ4v) is 2.23. The van der Waals surface area contributed by atoms with Gasteiger partial charge in [-0.1, -0.05) is 5.16 Å². The van der Waals surface area contributed by atoms with Crippen molar-refractivity contribution in [3.05, 3.63) is 30.4 Å². The summed E-state index contributed by atoms with van der Waals surface area (Å²) in [5.41, 5.74) is 6.76. The molecule has 6 heteroatoms. The van der Waals surface area contributed by atoms with Gasteiger partial charge in [0.05, 0.1) is 6.54 Å². The van der Waals surface area contributed by atoms with Crippen LogP contribution >= 0.6 is 0 Å². The molecular weight excluding hydrogens is 242 g/mol. The maximum absolute atomic E-state index is 5.89. The fraction of sp³-hybridized carbons (Fsp3) is 0.462. The molecule has 0 radical (unpaired) electrons. The zero-order valence-electron chi connectivity index (χ0n) is 10.7. The minimum atomic E-state index is 0.338. The highest BCUT2D eigenvalue weighted by Gasteiger charge is 2.18. The lowest BCUT2D eigenvalue weighted by molar-refractivity contribution is 0.182. The summed E-state index contributed by atoms with van der Waals surface area (Å²) in [6.07, 6.45) is 5.52. The Labute approximate surface area is 111 Å². The van der Waals surface area contributed by atoms with Crippen LogP contribution in [-0.4, -0.2) is 39.2 Å². The summed E-state index contributed by atoms with van der Waals surface area (Å²) in [7, 11) is 0. The molecule has 1 fully saturated rings.